The molecule has 2 aliphatic rings. The summed E-state index contributed by atoms with van der Waals surface area (Å²) in [4.78, 5) is 35.1. The molecular formula is C28H54N4O10. The molecule has 0 bridgehead atoms. The molecule has 2 heterocycles. The molecule has 0 aromatic rings. The molecule has 2 rings (SSSR count). The highest BCUT2D eigenvalue weighted by atomic mass is 16.6. The van der Waals surface area contributed by atoms with Crippen molar-refractivity contribution in [2.45, 2.75) is 90.1 Å². The first-order chi connectivity index (χ1) is 20.0. The largest absolute Gasteiger partial charge is 0.382 e. The molecule has 0 radical (unpaired) electrons. The lowest BCUT2D eigenvalue weighted by atomic mass is 9.89. The van der Waals surface area contributed by atoms with Gasteiger partial charge in [0.2, 0.25) is 0 Å². The van der Waals surface area contributed by atoms with Crippen LogP contribution in [0, 0.1) is 0 Å². The van der Waals surface area contributed by atoms with Gasteiger partial charge in [0.25, 0.3) is 0 Å². The molecule has 3 unspecified atom stereocenters. The van der Waals surface area contributed by atoms with Crippen LogP contribution in [0.4, 0.5) is 9.59 Å². The van der Waals surface area contributed by atoms with E-state index in [9.17, 15) is 9.59 Å². The quantitative estimate of drug-likeness (QED) is 0.182. The molecular weight excluding hydrogens is 552 g/mol. The number of carbonyl (C=O) groups excluding carboxylic acids is 2. The summed E-state index contributed by atoms with van der Waals surface area (Å²) in [7, 11) is 6.37. The highest BCUT2D eigenvalue weighted by molar-refractivity contribution is 5.88. The minimum absolute atomic E-state index is 0.0742. The predicted molar refractivity (Wildman–Crippen MR) is 153 cm³/mol. The standard InChI is InChI=1S/C28H54N4O10/c1-11-12-28-27(6,29(17-39-21(2)13-35-7)25(33)31(28)19-41-23(4)15-37-9)30(18-40-22(3)14-36-8)26(34)32(28)20-42-24(5)16-38-10/h21-24H,11-20H2,1-10H3/t21-,22?,23+,24-,27?,28?/m0/s1. The van der Waals surface area contributed by atoms with Gasteiger partial charge in [0.05, 0.1) is 50.8 Å². The van der Waals surface area contributed by atoms with Crippen molar-refractivity contribution in [3.8, 4) is 0 Å². The number of carbonyl (C=O) groups is 2. The van der Waals surface area contributed by atoms with E-state index in [1.165, 1.54) is 0 Å². The fourth-order valence-electron chi connectivity index (χ4n) is 5.69. The summed E-state index contributed by atoms with van der Waals surface area (Å²) in [5, 5.41) is 0. The van der Waals surface area contributed by atoms with Gasteiger partial charge in [-0.25, -0.2) is 9.59 Å². The minimum atomic E-state index is -1.22. The van der Waals surface area contributed by atoms with Crippen LogP contribution in [-0.4, -0.2) is 149 Å². The first kappa shape index (κ1) is 36.4. The van der Waals surface area contributed by atoms with Crippen LogP contribution >= 0.6 is 0 Å². The van der Waals surface area contributed by atoms with Crippen molar-refractivity contribution in [2.75, 3.05) is 81.8 Å². The molecule has 14 heteroatoms. The lowest BCUT2D eigenvalue weighted by molar-refractivity contribution is -0.158. The van der Waals surface area contributed by atoms with E-state index in [-0.39, 0.29) is 63.4 Å². The van der Waals surface area contributed by atoms with Crippen molar-refractivity contribution >= 4 is 12.1 Å². The van der Waals surface area contributed by atoms with Crippen LogP contribution in [-0.2, 0) is 37.9 Å². The van der Waals surface area contributed by atoms with Crippen LogP contribution in [0.1, 0.15) is 54.4 Å². The molecule has 246 valence electrons. The Hall–Kier alpha value is -1.78. The van der Waals surface area contributed by atoms with Crippen molar-refractivity contribution in [2.24, 2.45) is 0 Å². The van der Waals surface area contributed by atoms with Crippen molar-refractivity contribution in [3.05, 3.63) is 0 Å². The highest BCUT2D eigenvalue weighted by Crippen LogP contribution is 2.53. The first-order valence-electron chi connectivity index (χ1n) is 14.6. The zero-order valence-electron chi connectivity index (χ0n) is 27.3. The van der Waals surface area contributed by atoms with E-state index in [0.717, 1.165) is 0 Å². The fourth-order valence-corrected chi connectivity index (χ4v) is 5.69. The molecule has 14 nitrogen and oxygen atoms in total. The summed E-state index contributed by atoms with van der Waals surface area (Å²) in [6.07, 6.45) is -0.0725. The Morgan fingerprint density at radius 3 is 1.12 bits per heavy atom. The summed E-state index contributed by atoms with van der Waals surface area (Å²) in [5.74, 6) is 0. The second-order valence-corrected chi connectivity index (χ2v) is 11.1. The number of ether oxygens (including phenoxy) is 8. The lowest BCUT2D eigenvalue weighted by Crippen LogP contribution is -2.67. The molecule has 0 saturated carbocycles. The third kappa shape index (κ3) is 7.65. The Morgan fingerprint density at radius 1 is 0.571 bits per heavy atom. The van der Waals surface area contributed by atoms with Crippen molar-refractivity contribution in [1.82, 2.24) is 19.6 Å². The summed E-state index contributed by atoms with van der Waals surface area (Å²) >= 11 is 0. The summed E-state index contributed by atoms with van der Waals surface area (Å²) in [6, 6.07) is -0.671. The molecule has 2 fully saturated rings. The Kier molecular flexibility index (Phi) is 14.7. The van der Waals surface area contributed by atoms with Gasteiger partial charge in [-0.1, -0.05) is 13.3 Å². The molecule has 0 spiro atoms. The third-order valence-electron chi connectivity index (χ3n) is 7.78. The molecule has 0 aromatic carbocycles. The Labute approximate surface area is 251 Å². The normalized spacial score (nSPS) is 25.4. The Bertz CT molecular complexity index is 781. The lowest BCUT2D eigenvalue weighted by Gasteiger charge is -2.48. The summed E-state index contributed by atoms with van der Waals surface area (Å²) < 4.78 is 45.4. The van der Waals surface area contributed by atoms with Gasteiger partial charge in [0, 0.05) is 28.4 Å². The average molecular weight is 607 g/mol. The fraction of sp³-hybridized carbons (Fsp3) is 0.929. The van der Waals surface area contributed by atoms with Crippen molar-refractivity contribution in [1.29, 1.82) is 0 Å². The van der Waals surface area contributed by atoms with E-state index in [1.54, 1.807) is 48.0 Å². The maximum absolute atomic E-state index is 14.4. The minimum Gasteiger partial charge on any atom is -0.382 e. The third-order valence-corrected chi connectivity index (χ3v) is 7.78. The second-order valence-electron chi connectivity index (χ2n) is 11.1. The van der Waals surface area contributed by atoms with Gasteiger partial charge in [-0.05, 0) is 41.0 Å². The van der Waals surface area contributed by atoms with E-state index < -0.39 is 11.3 Å². The SMILES string of the molecule is CCCC12N(CO[C@H](C)COC)C(=O)N(CO[C@@H](C)COC)C1(C)N(COC(C)COC)C(=O)N2CO[C@@H](C)COC. The number of methoxy groups -OCH3 is 4. The van der Waals surface area contributed by atoms with E-state index >= 15 is 0 Å². The van der Waals surface area contributed by atoms with Gasteiger partial charge in [0.1, 0.15) is 26.9 Å². The monoisotopic (exact) mass is 606 g/mol. The van der Waals surface area contributed by atoms with Gasteiger partial charge in [-0.15, -0.1) is 0 Å². The highest BCUT2D eigenvalue weighted by Gasteiger charge is 2.76. The van der Waals surface area contributed by atoms with Crippen LogP contribution in [0.15, 0.2) is 0 Å². The number of rotatable bonds is 22. The predicted octanol–water partition coefficient (Wildman–Crippen LogP) is 2.71. The zero-order chi connectivity index (χ0) is 31.5. The van der Waals surface area contributed by atoms with Crippen LogP contribution in [0.3, 0.4) is 0 Å². The van der Waals surface area contributed by atoms with Crippen LogP contribution in [0.25, 0.3) is 0 Å². The molecule has 0 N–H and O–H groups in total. The van der Waals surface area contributed by atoms with Gasteiger partial charge in [-0.2, -0.15) is 0 Å². The number of nitrogens with zero attached hydrogens (tertiary/aromatic N) is 4. The number of hydrogen-bond acceptors (Lipinski definition) is 10. The molecule has 4 amide bonds. The first-order valence-corrected chi connectivity index (χ1v) is 14.6. The molecule has 42 heavy (non-hydrogen) atoms. The molecule has 2 aliphatic heterocycles. The molecule has 2 saturated heterocycles. The van der Waals surface area contributed by atoms with Crippen LogP contribution < -0.4 is 0 Å². The van der Waals surface area contributed by atoms with E-state index in [2.05, 4.69) is 0 Å². The van der Waals surface area contributed by atoms with E-state index in [1.807, 2.05) is 41.5 Å². The average Bonchev–Trinajstić information content (AvgIpc) is 3.21. The van der Waals surface area contributed by atoms with Crippen molar-refractivity contribution < 1.29 is 47.5 Å². The smallest absolute Gasteiger partial charge is 0.327 e. The topological polar surface area (TPSA) is 121 Å². The molecule has 6 atom stereocenters. The number of urea groups is 2. The zero-order valence-corrected chi connectivity index (χ0v) is 27.3. The maximum Gasteiger partial charge on any atom is 0.327 e. The molecule has 0 aliphatic carbocycles. The Balaban J connectivity index is 2.65. The number of amides is 4. The van der Waals surface area contributed by atoms with Crippen LogP contribution in [0.2, 0.25) is 0 Å². The molecule has 0 aromatic heterocycles. The maximum atomic E-state index is 14.4. The van der Waals surface area contributed by atoms with Gasteiger partial charge in [0.15, 0.2) is 11.3 Å². The number of fused-ring (bicyclic) bond motifs is 1. The van der Waals surface area contributed by atoms with Crippen molar-refractivity contribution in [3.63, 3.8) is 0 Å². The number of hydrogen-bond donors (Lipinski definition) is 0. The van der Waals surface area contributed by atoms with Crippen LogP contribution in [0.5, 0.6) is 0 Å². The van der Waals surface area contributed by atoms with Gasteiger partial charge in [-0.3, -0.25) is 19.6 Å². The van der Waals surface area contributed by atoms with Gasteiger partial charge < -0.3 is 37.9 Å². The summed E-state index contributed by atoms with van der Waals surface area (Å²) in [5.41, 5.74) is -2.41. The second kappa shape index (κ2) is 16.9. The van der Waals surface area contributed by atoms with E-state index in [0.29, 0.717) is 39.3 Å². The Morgan fingerprint density at radius 2 is 0.857 bits per heavy atom. The van der Waals surface area contributed by atoms with Gasteiger partial charge >= 0.3 is 12.1 Å². The summed E-state index contributed by atoms with van der Waals surface area (Å²) in [6.45, 7) is 12.4. The van der Waals surface area contributed by atoms with E-state index in [4.69, 9.17) is 37.9 Å².